The maximum Gasteiger partial charge on any atom is 0.269 e. The van der Waals surface area contributed by atoms with Crippen LogP contribution in [-0.2, 0) is 6.61 Å². The summed E-state index contributed by atoms with van der Waals surface area (Å²) in [5.74, 6) is 0.711. The van der Waals surface area contributed by atoms with Crippen LogP contribution in [0.1, 0.15) is 11.1 Å². The Morgan fingerprint density at radius 3 is 2.43 bits per heavy atom. The lowest BCUT2D eigenvalue weighted by atomic mass is 10.1. The minimum Gasteiger partial charge on any atom is -0.493 e. The molecule has 0 aromatic heterocycles. The lowest BCUT2D eigenvalue weighted by Crippen LogP contribution is -2.13. The quantitative estimate of drug-likeness (QED) is 0.364. The number of ether oxygens (including phenoxy) is 2. The number of non-ortho nitro benzene ring substituents is 1. The summed E-state index contributed by atoms with van der Waals surface area (Å²) in [5.41, 5.74) is 6.74. The van der Waals surface area contributed by atoms with Gasteiger partial charge in [-0.25, -0.2) is 0 Å². The molecule has 0 radical (unpaired) electrons. The fourth-order valence-electron chi connectivity index (χ4n) is 1.91. The molecule has 0 unspecified atom stereocenters. The van der Waals surface area contributed by atoms with E-state index in [0.717, 1.165) is 5.56 Å². The average molecular weight is 338 g/mol. The summed E-state index contributed by atoms with van der Waals surface area (Å²) in [5, 5.41) is 18.2. The Labute approximate surface area is 139 Å². The molecular weight excluding hydrogens is 322 g/mol. The van der Waals surface area contributed by atoms with Crippen LogP contribution in [0.25, 0.3) is 0 Å². The standard InChI is InChI=1S/C15H15N3O4.ClH/c1-21-13-4-2-3-12(15(16)17)14(13)22-9-10-5-7-11(8-6-10)18(19)20;/h2-8H,9H2,1H3,(H3,16,17);1H. The summed E-state index contributed by atoms with van der Waals surface area (Å²) < 4.78 is 10.9. The molecule has 0 saturated heterocycles. The van der Waals surface area contributed by atoms with Gasteiger partial charge in [-0.15, -0.1) is 12.4 Å². The molecule has 0 aliphatic carbocycles. The number of nitrogens with one attached hydrogen (secondary N) is 1. The summed E-state index contributed by atoms with van der Waals surface area (Å²) >= 11 is 0. The van der Waals surface area contributed by atoms with Gasteiger partial charge in [0.2, 0.25) is 0 Å². The Bertz CT molecular complexity index is 704. The highest BCUT2D eigenvalue weighted by Crippen LogP contribution is 2.31. The van der Waals surface area contributed by atoms with E-state index in [0.29, 0.717) is 17.1 Å². The van der Waals surface area contributed by atoms with E-state index in [9.17, 15) is 10.1 Å². The first-order chi connectivity index (χ1) is 10.5. The van der Waals surface area contributed by atoms with E-state index in [1.807, 2.05) is 0 Å². The predicted octanol–water partition coefficient (Wildman–Crippen LogP) is 2.89. The highest BCUT2D eigenvalue weighted by Gasteiger charge is 2.13. The Balaban J connectivity index is 0.00000264. The highest BCUT2D eigenvalue weighted by molar-refractivity contribution is 5.98. The Hall–Kier alpha value is -2.80. The van der Waals surface area contributed by atoms with Crippen LogP contribution < -0.4 is 15.2 Å². The number of nitrogens with zero attached hydrogens (tertiary/aromatic N) is 1. The van der Waals surface area contributed by atoms with Crippen LogP contribution >= 0.6 is 12.4 Å². The van der Waals surface area contributed by atoms with Crippen LogP contribution in [0.3, 0.4) is 0 Å². The van der Waals surface area contributed by atoms with Crippen molar-refractivity contribution in [3.8, 4) is 11.5 Å². The molecule has 0 fully saturated rings. The smallest absolute Gasteiger partial charge is 0.269 e. The molecule has 0 amide bonds. The van der Waals surface area contributed by atoms with Crippen molar-refractivity contribution >= 4 is 23.9 Å². The molecule has 0 spiro atoms. The number of hydrogen-bond donors (Lipinski definition) is 2. The fraction of sp³-hybridized carbons (Fsp3) is 0.133. The SMILES string of the molecule is COc1cccc(C(=N)N)c1OCc1ccc([N+](=O)[O-])cc1.Cl. The predicted molar refractivity (Wildman–Crippen MR) is 88.7 cm³/mol. The van der Waals surface area contributed by atoms with Crippen molar-refractivity contribution in [2.75, 3.05) is 7.11 Å². The van der Waals surface area contributed by atoms with Crippen molar-refractivity contribution in [3.63, 3.8) is 0 Å². The zero-order valence-electron chi connectivity index (χ0n) is 12.3. The van der Waals surface area contributed by atoms with E-state index in [4.69, 9.17) is 20.6 Å². The first-order valence-electron chi connectivity index (χ1n) is 6.40. The maximum atomic E-state index is 10.6. The van der Waals surface area contributed by atoms with Gasteiger partial charge in [-0.3, -0.25) is 15.5 Å². The fourth-order valence-corrected chi connectivity index (χ4v) is 1.91. The number of methoxy groups -OCH3 is 1. The zero-order valence-corrected chi connectivity index (χ0v) is 13.1. The summed E-state index contributed by atoms with van der Waals surface area (Å²) in [7, 11) is 1.50. The molecule has 2 aromatic rings. The van der Waals surface area contributed by atoms with Gasteiger partial charge in [0.15, 0.2) is 11.5 Å². The van der Waals surface area contributed by atoms with Gasteiger partial charge in [0, 0.05) is 12.1 Å². The third kappa shape index (κ3) is 4.33. The van der Waals surface area contributed by atoms with Gasteiger partial charge >= 0.3 is 0 Å². The normalized spacial score (nSPS) is 9.61. The number of hydrogen-bond acceptors (Lipinski definition) is 5. The molecule has 23 heavy (non-hydrogen) atoms. The molecule has 2 rings (SSSR count). The van der Waals surface area contributed by atoms with E-state index in [1.165, 1.54) is 19.2 Å². The maximum absolute atomic E-state index is 10.6. The van der Waals surface area contributed by atoms with Crippen molar-refractivity contribution in [3.05, 3.63) is 63.7 Å². The number of amidine groups is 1. The summed E-state index contributed by atoms with van der Waals surface area (Å²) in [6, 6.07) is 11.1. The van der Waals surface area contributed by atoms with Gasteiger partial charge in [0.1, 0.15) is 12.4 Å². The van der Waals surface area contributed by atoms with Crippen LogP contribution in [0.2, 0.25) is 0 Å². The number of nitrogens with two attached hydrogens (primary N) is 1. The lowest BCUT2D eigenvalue weighted by Gasteiger charge is -2.14. The van der Waals surface area contributed by atoms with Crippen LogP contribution in [0, 0.1) is 15.5 Å². The van der Waals surface area contributed by atoms with Crippen LogP contribution in [-0.4, -0.2) is 17.9 Å². The monoisotopic (exact) mass is 337 g/mol. The molecular formula is C15H16ClN3O4. The van der Waals surface area contributed by atoms with Crippen molar-refractivity contribution in [2.24, 2.45) is 5.73 Å². The number of nitrogen functional groups attached to an aromatic ring is 1. The molecule has 0 aliphatic rings. The Kier molecular flexibility index (Phi) is 6.35. The van der Waals surface area contributed by atoms with Gasteiger partial charge < -0.3 is 15.2 Å². The van der Waals surface area contributed by atoms with Gasteiger partial charge in [0.25, 0.3) is 5.69 Å². The number of halogens is 1. The van der Waals surface area contributed by atoms with Crippen molar-refractivity contribution in [1.29, 1.82) is 5.41 Å². The molecule has 0 bridgehead atoms. The van der Waals surface area contributed by atoms with Gasteiger partial charge in [-0.2, -0.15) is 0 Å². The third-order valence-electron chi connectivity index (χ3n) is 3.02. The van der Waals surface area contributed by atoms with Crippen LogP contribution in [0.4, 0.5) is 5.69 Å². The summed E-state index contributed by atoms with van der Waals surface area (Å²) in [6.45, 7) is 0.179. The number of rotatable bonds is 6. The second kappa shape index (κ2) is 8.00. The molecule has 8 heteroatoms. The second-order valence-electron chi connectivity index (χ2n) is 4.46. The highest BCUT2D eigenvalue weighted by atomic mass is 35.5. The van der Waals surface area contributed by atoms with E-state index >= 15 is 0 Å². The molecule has 0 aliphatic heterocycles. The number of nitro groups is 1. The zero-order chi connectivity index (χ0) is 16.1. The minimum atomic E-state index is -0.460. The number of nitro benzene ring substituents is 1. The van der Waals surface area contributed by atoms with E-state index < -0.39 is 4.92 Å². The van der Waals surface area contributed by atoms with E-state index in [1.54, 1.807) is 30.3 Å². The second-order valence-corrected chi connectivity index (χ2v) is 4.46. The van der Waals surface area contributed by atoms with Crippen LogP contribution in [0.15, 0.2) is 42.5 Å². The topological polar surface area (TPSA) is 111 Å². The molecule has 0 heterocycles. The first-order valence-corrected chi connectivity index (χ1v) is 6.40. The van der Waals surface area contributed by atoms with Crippen molar-refractivity contribution in [1.82, 2.24) is 0 Å². The summed E-state index contributed by atoms with van der Waals surface area (Å²) in [6.07, 6.45) is 0. The van der Waals surface area contributed by atoms with Crippen LogP contribution in [0.5, 0.6) is 11.5 Å². The first kappa shape index (κ1) is 18.2. The minimum absolute atomic E-state index is 0. The van der Waals surface area contributed by atoms with Crippen molar-refractivity contribution in [2.45, 2.75) is 6.61 Å². The van der Waals surface area contributed by atoms with E-state index in [2.05, 4.69) is 0 Å². The molecule has 2 aromatic carbocycles. The van der Waals surface area contributed by atoms with E-state index in [-0.39, 0.29) is 30.5 Å². The number of para-hydroxylation sites is 1. The van der Waals surface area contributed by atoms with Gasteiger partial charge in [0.05, 0.1) is 17.6 Å². The largest absolute Gasteiger partial charge is 0.493 e. The Morgan fingerprint density at radius 2 is 1.91 bits per heavy atom. The van der Waals surface area contributed by atoms with Gasteiger partial charge in [-0.05, 0) is 29.8 Å². The number of benzene rings is 2. The summed E-state index contributed by atoms with van der Waals surface area (Å²) in [4.78, 5) is 10.2. The van der Waals surface area contributed by atoms with Crippen molar-refractivity contribution < 1.29 is 14.4 Å². The van der Waals surface area contributed by atoms with Gasteiger partial charge in [-0.1, -0.05) is 6.07 Å². The molecule has 7 nitrogen and oxygen atoms in total. The molecule has 122 valence electrons. The molecule has 3 N–H and O–H groups in total. The Morgan fingerprint density at radius 1 is 1.26 bits per heavy atom. The average Bonchev–Trinajstić information content (AvgIpc) is 2.52. The third-order valence-corrected chi connectivity index (χ3v) is 3.02. The molecule has 0 atom stereocenters. The lowest BCUT2D eigenvalue weighted by molar-refractivity contribution is -0.384. The molecule has 0 saturated carbocycles.